The van der Waals surface area contributed by atoms with Crippen molar-refractivity contribution in [3.63, 3.8) is 0 Å². The Morgan fingerprint density at radius 1 is 1.35 bits per heavy atom. The van der Waals surface area contributed by atoms with Gasteiger partial charge in [-0.3, -0.25) is 14.7 Å². The molecule has 94 valence electrons. The third-order valence-electron chi connectivity index (χ3n) is 2.01. The van der Waals surface area contributed by atoms with Gasteiger partial charge >= 0.3 is 0 Å². The molecule has 0 aliphatic rings. The number of nitrogens with zero attached hydrogens (tertiary/aromatic N) is 1. The molecule has 1 heterocycles. The van der Waals surface area contributed by atoms with E-state index in [1.54, 1.807) is 6.92 Å². The number of amides is 2. The minimum absolute atomic E-state index is 0.0321. The summed E-state index contributed by atoms with van der Waals surface area (Å²) >= 11 is 0. The van der Waals surface area contributed by atoms with Crippen molar-refractivity contribution in [2.24, 2.45) is 0 Å². The summed E-state index contributed by atoms with van der Waals surface area (Å²) in [6, 6.07) is 0.821. The molecule has 7 nitrogen and oxygen atoms in total. The van der Waals surface area contributed by atoms with Crippen LogP contribution in [-0.4, -0.2) is 34.1 Å². The van der Waals surface area contributed by atoms with Gasteiger partial charge in [0.2, 0.25) is 5.91 Å². The van der Waals surface area contributed by atoms with Crippen LogP contribution in [0.4, 0.5) is 5.82 Å². The van der Waals surface area contributed by atoms with Crippen molar-refractivity contribution in [2.75, 3.05) is 5.73 Å². The molecule has 1 aromatic heterocycles. The van der Waals surface area contributed by atoms with Crippen LogP contribution >= 0.6 is 0 Å². The summed E-state index contributed by atoms with van der Waals surface area (Å²) in [6.07, 6.45) is 0. The van der Waals surface area contributed by atoms with Crippen LogP contribution in [-0.2, 0) is 4.79 Å². The highest BCUT2D eigenvalue weighted by Crippen LogP contribution is 2.00. The van der Waals surface area contributed by atoms with Crippen LogP contribution in [0.3, 0.4) is 0 Å². The summed E-state index contributed by atoms with van der Waals surface area (Å²) < 4.78 is 0. The number of nitrogens with two attached hydrogens (primary N) is 1. The molecular formula is C10H17N5O2. The van der Waals surface area contributed by atoms with Crippen molar-refractivity contribution in [3.05, 3.63) is 11.8 Å². The monoisotopic (exact) mass is 239 g/mol. The maximum absolute atomic E-state index is 11.6. The first-order valence-electron chi connectivity index (χ1n) is 5.32. The van der Waals surface area contributed by atoms with E-state index in [9.17, 15) is 9.59 Å². The van der Waals surface area contributed by atoms with E-state index in [-0.39, 0.29) is 23.5 Å². The molecule has 0 saturated heterocycles. The predicted molar refractivity (Wildman–Crippen MR) is 63.2 cm³/mol. The highest BCUT2D eigenvalue weighted by Gasteiger charge is 2.18. The number of rotatable bonds is 4. The lowest BCUT2D eigenvalue weighted by Crippen LogP contribution is -2.46. The first kappa shape index (κ1) is 13.0. The number of carbonyl (C=O) groups excluding carboxylic acids is 2. The molecule has 0 aromatic carbocycles. The fraction of sp³-hybridized carbons (Fsp3) is 0.500. The number of nitrogens with one attached hydrogen (secondary N) is 3. The van der Waals surface area contributed by atoms with Crippen LogP contribution in [0.25, 0.3) is 0 Å². The Bertz CT molecular complexity index is 413. The van der Waals surface area contributed by atoms with E-state index in [2.05, 4.69) is 20.8 Å². The lowest BCUT2D eigenvalue weighted by Gasteiger charge is -2.15. The minimum atomic E-state index is -0.616. The average Bonchev–Trinajstić information content (AvgIpc) is 2.63. The number of H-pyrrole nitrogens is 1. The molecule has 1 aromatic rings. The Kier molecular flexibility index (Phi) is 4.08. The first-order chi connectivity index (χ1) is 7.90. The van der Waals surface area contributed by atoms with Gasteiger partial charge in [0.05, 0.1) is 0 Å². The second-order valence-corrected chi connectivity index (χ2v) is 4.06. The average molecular weight is 239 g/mol. The number of aromatic amines is 1. The van der Waals surface area contributed by atoms with Gasteiger partial charge in [0.15, 0.2) is 0 Å². The summed E-state index contributed by atoms with van der Waals surface area (Å²) in [6.45, 7) is 5.30. The van der Waals surface area contributed by atoms with Gasteiger partial charge in [0, 0.05) is 12.1 Å². The number of aromatic nitrogens is 2. The zero-order valence-electron chi connectivity index (χ0n) is 10.1. The van der Waals surface area contributed by atoms with E-state index in [1.165, 1.54) is 6.07 Å². The van der Waals surface area contributed by atoms with Crippen LogP contribution in [0.2, 0.25) is 0 Å². The summed E-state index contributed by atoms with van der Waals surface area (Å²) in [4.78, 5) is 23.2. The van der Waals surface area contributed by atoms with E-state index in [0.29, 0.717) is 0 Å². The van der Waals surface area contributed by atoms with E-state index >= 15 is 0 Å². The van der Waals surface area contributed by atoms with E-state index in [4.69, 9.17) is 5.73 Å². The van der Waals surface area contributed by atoms with Crippen molar-refractivity contribution in [1.29, 1.82) is 0 Å². The number of nitrogen functional groups attached to an aromatic ring is 1. The highest BCUT2D eigenvalue weighted by molar-refractivity contribution is 5.96. The van der Waals surface area contributed by atoms with Gasteiger partial charge in [0.1, 0.15) is 17.6 Å². The zero-order chi connectivity index (χ0) is 13.0. The molecule has 1 rings (SSSR count). The second kappa shape index (κ2) is 5.33. The van der Waals surface area contributed by atoms with E-state index in [0.717, 1.165) is 0 Å². The van der Waals surface area contributed by atoms with Gasteiger partial charge in [-0.1, -0.05) is 0 Å². The fourth-order valence-electron chi connectivity index (χ4n) is 1.20. The maximum Gasteiger partial charge on any atom is 0.270 e. The minimum Gasteiger partial charge on any atom is -0.382 e. The molecule has 0 radical (unpaired) electrons. The van der Waals surface area contributed by atoms with Crippen molar-refractivity contribution in [3.8, 4) is 0 Å². The highest BCUT2D eigenvalue weighted by atomic mass is 16.2. The summed E-state index contributed by atoms with van der Waals surface area (Å²) in [5.41, 5.74) is 5.60. The van der Waals surface area contributed by atoms with Crippen LogP contribution in [0.1, 0.15) is 31.3 Å². The van der Waals surface area contributed by atoms with Gasteiger partial charge in [0.25, 0.3) is 5.91 Å². The molecule has 0 spiro atoms. The number of carbonyl (C=O) groups is 2. The second-order valence-electron chi connectivity index (χ2n) is 4.06. The van der Waals surface area contributed by atoms with Crippen molar-refractivity contribution in [1.82, 2.24) is 20.8 Å². The largest absolute Gasteiger partial charge is 0.382 e. The van der Waals surface area contributed by atoms with Gasteiger partial charge in [-0.25, -0.2) is 0 Å². The van der Waals surface area contributed by atoms with Gasteiger partial charge < -0.3 is 16.4 Å². The topological polar surface area (TPSA) is 113 Å². The summed E-state index contributed by atoms with van der Waals surface area (Å²) in [7, 11) is 0. The van der Waals surface area contributed by atoms with Crippen LogP contribution in [0.5, 0.6) is 0 Å². The third kappa shape index (κ3) is 3.78. The molecule has 1 unspecified atom stereocenters. The quantitative estimate of drug-likeness (QED) is 0.574. The zero-order valence-corrected chi connectivity index (χ0v) is 10.1. The van der Waals surface area contributed by atoms with Gasteiger partial charge in [-0.2, -0.15) is 5.10 Å². The molecule has 1 atom stereocenters. The Labute approximate surface area is 99.1 Å². The third-order valence-corrected chi connectivity index (χ3v) is 2.01. The fourth-order valence-corrected chi connectivity index (χ4v) is 1.20. The molecule has 7 heteroatoms. The van der Waals surface area contributed by atoms with Gasteiger partial charge in [-0.15, -0.1) is 0 Å². The predicted octanol–water partition coefficient (Wildman–Crippen LogP) is -0.365. The molecule has 5 N–H and O–H groups in total. The molecule has 0 saturated carbocycles. The standard InChI is InChI=1S/C10H17N5O2/c1-5(2)12-9(16)6(3)13-10(17)7-4-8(11)15-14-7/h4-6H,1-3H3,(H,12,16)(H,13,17)(H3,11,14,15). The number of anilines is 1. The van der Waals surface area contributed by atoms with Gasteiger partial charge in [-0.05, 0) is 20.8 Å². The van der Waals surface area contributed by atoms with Crippen molar-refractivity contribution < 1.29 is 9.59 Å². The summed E-state index contributed by atoms with van der Waals surface area (Å²) in [5.74, 6) is -0.420. The lowest BCUT2D eigenvalue weighted by molar-refractivity contribution is -0.123. The normalized spacial score (nSPS) is 12.2. The molecule has 0 bridgehead atoms. The smallest absolute Gasteiger partial charge is 0.270 e. The lowest BCUT2D eigenvalue weighted by atomic mass is 10.2. The molecule has 0 aliphatic heterocycles. The molecule has 0 fully saturated rings. The van der Waals surface area contributed by atoms with Crippen LogP contribution in [0, 0.1) is 0 Å². The van der Waals surface area contributed by atoms with Crippen molar-refractivity contribution >= 4 is 17.6 Å². The Hall–Kier alpha value is -2.05. The van der Waals surface area contributed by atoms with Crippen molar-refractivity contribution in [2.45, 2.75) is 32.9 Å². The molecule has 0 aliphatic carbocycles. The Morgan fingerprint density at radius 3 is 2.47 bits per heavy atom. The molecule has 17 heavy (non-hydrogen) atoms. The molecular weight excluding hydrogens is 222 g/mol. The van der Waals surface area contributed by atoms with Crippen LogP contribution < -0.4 is 16.4 Å². The Morgan fingerprint density at radius 2 is 2.00 bits per heavy atom. The first-order valence-corrected chi connectivity index (χ1v) is 5.32. The summed E-state index contributed by atoms with van der Waals surface area (Å²) in [5, 5.41) is 11.3. The molecule has 2 amide bonds. The number of hydrogen-bond acceptors (Lipinski definition) is 4. The van der Waals surface area contributed by atoms with Crippen LogP contribution in [0.15, 0.2) is 6.07 Å². The maximum atomic E-state index is 11.6. The SMILES string of the molecule is CC(C)NC(=O)C(C)NC(=O)c1cc(N)n[nH]1. The van der Waals surface area contributed by atoms with E-state index < -0.39 is 11.9 Å². The Balaban J connectivity index is 2.54. The van der Waals surface area contributed by atoms with E-state index in [1.807, 2.05) is 13.8 Å². The number of hydrogen-bond donors (Lipinski definition) is 4.